The van der Waals surface area contributed by atoms with Gasteiger partial charge in [-0.25, -0.2) is 0 Å². The first-order valence-electron chi connectivity index (χ1n) is 7.01. The first-order chi connectivity index (χ1) is 8.63. The number of likely N-dealkylation sites (N-methyl/N-ethyl adjacent to an activating group) is 1. The number of nitrogens with zero attached hydrogens (tertiary/aromatic N) is 2. The van der Waals surface area contributed by atoms with Crippen LogP contribution in [-0.4, -0.2) is 22.9 Å². The summed E-state index contributed by atoms with van der Waals surface area (Å²) in [5, 5.41) is 8.72. The Labute approximate surface area is 116 Å². The van der Waals surface area contributed by atoms with Gasteiger partial charge < -0.3 is 5.32 Å². The average molecular weight is 272 g/mol. The third-order valence-electron chi connectivity index (χ3n) is 3.51. The number of rotatable bonds is 8. The van der Waals surface area contributed by atoms with Crippen LogP contribution in [0.5, 0.6) is 0 Å². The molecule has 1 unspecified atom stereocenters. The van der Waals surface area contributed by atoms with E-state index in [2.05, 4.69) is 24.3 Å². The molecule has 1 aromatic rings. The predicted molar refractivity (Wildman–Crippen MR) is 78.3 cm³/mol. The van der Waals surface area contributed by atoms with Gasteiger partial charge in [-0.05, 0) is 19.9 Å². The Bertz CT molecular complexity index is 360. The van der Waals surface area contributed by atoms with E-state index < -0.39 is 0 Å². The molecule has 0 amide bonds. The predicted octanol–water partition coefficient (Wildman–Crippen LogP) is 3.35. The summed E-state index contributed by atoms with van der Waals surface area (Å²) >= 11 is 6.38. The van der Waals surface area contributed by atoms with Gasteiger partial charge in [-0.1, -0.05) is 44.7 Å². The van der Waals surface area contributed by atoms with Gasteiger partial charge in [0.2, 0.25) is 0 Å². The highest BCUT2D eigenvalue weighted by atomic mass is 35.5. The molecule has 1 aromatic heterocycles. The van der Waals surface area contributed by atoms with Crippen molar-refractivity contribution in [2.24, 2.45) is 7.05 Å². The SMILES string of the molecule is CCCCCC(Cc1c(Cl)c(CC)nn1C)NC. The minimum Gasteiger partial charge on any atom is -0.317 e. The van der Waals surface area contributed by atoms with Crippen LogP contribution >= 0.6 is 11.6 Å². The summed E-state index contributed by atoms with van der Waals surface area (Å²) < 4.78 is 1.94. The molecule has 0 aliphatic rings. The topological polar surface area (TPSA) is 29.9 Å². The van der Waals surface area contributed by atoms with E-state index in [1.165, 1.54) is 25.7 Å². The van der Waals surface area contributed by atoms with Crippen molar-refractivity contribution in [1.82, 2.24) is 15.1 Å². The number of hydrogen-bond acceptors (Lipinski definition) is 2. The maximum absolute atomic E-state index is 6.38. The molecule has 18 heavy (non-hydrogen) atoms. The fraction of sp³-hybridized carbons (Fsp3) is 0.786. The normalized spacial score (nSPS) is 12.9. The summed E-state index contributed by atoms with van der Waals surface area (Å²) in [4.78, 5) is 0. The van der Waals surface area contributed by atoms with Crippen LogP contribution in [0, 0.1) is 0 Å². The van der Waals surface area contributed by atoms with Crippen LogP contribution < -0.4 is 5.32 Å². The lowest BCUT2D eigenvalue weighted by Crippen LogP contribution is -2.28. The zero-order chi connectivity index (χ0) is 13.5. The minimum absolute atomic E-state index is 0.495. The van der Waals surface area contributed by atoms with Crippen LogP contribution in [0.2, 0.25) is 5.02 Å². The number of hydrogen-bond donors (Lipinski definition) is 1. The number of aromatic nitrogens is 2. The zero-order valence-corrected chi connectivity index (χ0v) is 12.8. The van der Waals surface area contributed by atoms with Crippen molar-refractivity contribution in [1.29, 1.82) is 0 Å². The van der Waals surface area contributed by atoms with Crippen LogP contribution in [0.3, 0.4) is 0 Å². The van der Waals surface area contributed by atoms with Gasteiger partial charge in [-0.15, -0.1) is 0 Å². The van der Waals surface area contributed by atoms with Gasteiger partial charge in [-0.2, -0.15) is 5.10 Å². The highest BCUT2D eigenvalue weighted by Gasteiger charge is 2.16. The smallest absolute Gasteiger partial charge is 0.0850 e. The summed E-state index contributed by atoms with van der Waals surface area (Å²) in [6.45, 7) is 4.33. The lowest BCUT2D eigenvalue weighted by atomic mass is 10.0. The van der Waals surface area contributed by atoms with E-state index in [1.807, 2.05) is 18.8 Å². The van der Waals surface area contributed by atoms with Gasteiger partial charge in [0.15, 0.2) is 0 Å². The van der Waals surface area contributed by atoms with Crippen LogP contribution in [-0.2, 0) is 19.9 Å². The van der Waals surface area contributed by atoms with E-state index in [1.54, 1.807) is 0 Å². The Morgan fingerprint density at radius 2 is 2.06 bits per heavy atom. The molecule has 0 aliphatic heterocycles. The van der Waals surface area contributed by atoms with Gasteiger partial charge in [0.1, 0.15) is 0 Å². The number of halogens is 1. The van der Waals surface area contributed by atoms with E-state index in [-0.39, 0.29) is 0 Å². The molecule has 1 atom stereocenters. The van der Waals surface area contributed by atoms with Crippen molar-refractivity contribution in [2.75, 3.05) is 7.05 Å². The summed E-state index contributed by atoms with van der Waals surface area (Å²) in [6.07, 6.45) is 6.90. The Morgan fingerprint density at radius 1 is 1.33 bits per heavy atom. The molecule has 0 saturated heterocycles. The van der Waals surface area contributed by atoms with E-state index in [0.29, 0.717) is 6.04 Å². The second-order valence-corrected chi connectivity index (χ2v) is 5.25. The van der Waals surface area contributed by atoms with Crippen molar-refractivity contribution in [3.63, 3.8) is 0 Å². The molecule has 1 N–H and O–H groups in total. The molecule has 0 saturated carbocycles. The third-order valence-corrected chi connectivity index (χ3v) is 3.94. The largest absolute Gasteiger partial charge is 0.317 e. The van der Waals surface area contributed by atoms with Crippen molar-refractivity contribution < 1.29 is 0 Å². The van der Waals surface area contributed by atoms with Crippen LogP contribution in [0.25, 0.3) is 0 Å². The fourth-order valence-corrected chi connectivity index (χ4v) is 2.64. The van der Waals surface area contributed by atoms with E-state index in [0.717, 1.165) is 29.3 Å². The number of nitrogens with one attached hydrogen (secondary N) is 1. The molecule has 0 bridgehead atoms. The van der Waals surface area contributed by atoms with Gasteiger partial charge in [0, 0.05) is 19.5 Å². The molecule has 1 rings (SSSR count). The maximum atomic E-state index is 6.38. The van der Waals surface area contributed by atoms with E-state index in [4.69, 9.17) is 11.6 Å². The molecule has 0 radical (unpaired) electrons. The van der Waals surface area contributed by atoms with Gasteiger partial charge in [0.25, 0.3) is 0 Å². The van der Waals surface area contributed by atoms with Crippen LogP contribution in [0.1, 0.15) is 50.9 Å². The number of aryl methyl sites for hydroxylation is 2. The maximum Gasteiger partial charge on any atom is 0.0850 e. The standard InChI is InChI=1S/C14H26ClN3/c1-5-7-8-9-11(16-3)10-13-14(15)12(6-2)17-18(13)4/h11,16H,5-10H2,1-4H3. The molecular weight excluding hydrogens is 246 g/mol. The quantitative estimate of drug-likeness (QED) is 0.735. The van der Waals surface area contributed by atoms with Crippen molar-refractivity contribution in [3.8, 4) is 0 Å². The lowest BCUT2D eigenvalue weighted by Gasteiger charge is -2.16. The molecule has 3 nitrogen and oxygen atoms in total. The molecule has 0 aliphatic carbocycles. The monoisotopic (exact) mass is 271 g/mol. The highest BCUT2D eigenvalue weighted by Crippen LogP contribution is 2.23. The van der Waals surface area contributed by atoms with Gasteiger partial charge in [0.05, 0.1) is 16.4 Å². The molecule has 1 heterocycles. The minimum atomic E-state index is 0.495. The molecule has 4 heteroatoms. The van der Waals surface area contributed by atoms with Gasteiger partial charge in [-0.3, -0.25) is 4.68 Å². The van der Waals surface area contributed by atoms with Crippen molar-refractivity contribution >= 4 is 11.6 Å². The summed E-state index contributed by atoms with van der Waals surface area (Å²) in [5.41, 5.74) is 2.17. The Hall–Kier alpha value is -0.540. The Kier molecular flexibility index (Phi) is 6.72. The fourth-order valence-electron chi connectivity index (χ4n) is 2.26. The van der Waals surface area contributed by atoms with Crippen LogP contribution in [0.15, 0.2) is 0 Å². The third kappa shape index (κ3) is 3.99. The molecule has 104 valence electrons. The second kappa shape index (κ2) is 7.80. The van der Waals surface area contributed by atoms with Crippen molar-refractivity contribution in [2.45, 2.75) is 58.4 Å². The van der Waals surface area contributed by atoms with Crippen molar-refractivity contribution in [3.05, 3.63) is 16.4 Å². The first kappa shape index (κ1) is 15.5. The lowest BCUT2D eigenvalue weighted by molar-refractivity contribution is 0.477. The molecule has 0 aromatic carbocycles. The Morgan fingerprint density at radius 3 is 2.56 bits per heavy atom. The first-order valence-corrected chi connectivity index (χ1v) is 7.39. The van der Waals surface area contributed by atoms with E-state index in [9.17, 15) is 0 Å². The van der Waals surface area contributed by atoms with E-state index >= 15 is 0 Å². The average Bonchev–Trinajstić information content (AvgIpc) is 2.64. The molecule has 0 spiro atoms. The number of unbranched alkanes of at least 4 members (excludes halogenated alkanes) is 2. The Balaban J connectivity index is 2.66. The zero-order valence-electron chi connectivity index (χ0n) is 12.1. The summed E-state index contributed by atoms with van der Waals surface area (Å²) in [7, 11) is 4.01. The highest BCUT2D eigenvalue weighted by molar-refractivity contribution is 6.31. The summed E-state index contributed by atoms with van der Waals surface area (Å²) in [5.74, 6) is 0. The molecule has 0 fully saturated rings. The summed E-state index contributed by atoms with van der Waals surface area (Å²) in [6, 6.07) is 0.495. The van der Waals surface area contributed by atoms with Gasteiger partial charge >= 0.3 is 0 Å². The van der Waals surface area contributed by atoms with Crippen LogP contribution in [0.4, 0.5) is 0 Å². The second-order valence-electron chi connectivity index (χ2n) is 4.87. The molecular formula is C14H26ClN3.